The first kappa shape index (κ1) is 17.9. The van der Waals surface area contributed by atoms with Gasteiger partial charge in [0.25, 0.3) is 5.91 Å². The number of likely N-dealkylation sites (N-methyl/N-ethyl adjacent to an activating group) is 1. The number of benzene rings is 1. The van der Waals surface area contributed by atoms with Crippen LogP contribution in [-0.2, 0) is 16.1 Å². The molecule has 3 rings (SSSR count). The predicted molar refractivity (Wildman–Crippen MR) is 95.2 cm³/mol. The maximum absolute atomic E-state index is 13.8. The number of hydrogen-bond acceptors (Lipinski definition) is 5. The van der Waals surface area contributed by atoms with E-state index in [9.17, 15) is 14.0 Å². The van der Waals surface area contributed by atoms with E-state index in [4.69, 9.17) is 9.15 Å². The number of halogens is 1. The van der Waals surface area contributed by atoms with E-state index in [1.165, 1.54) is 23.1 Å². The van der Waals surface area contributed by atoms with Gasteiger partial charge in [-0.3, -0.25) is 4.79 Å². The minimum absolute atomic E-state index is 0.0861. The van der Waals surface area contributed by atoms with Crippen LogP contribution in [0.2, 0.25) is 0 Å². The molecule has 0 saturated heterocycles. The van der Waals surface area contributed by atoms with Crippen LogP contribution in [-0.4, -0.2) is 30.4 Å². The third-order valence-corrected chi connectivity index (χ3v) is 4.53. The van der Waals surface area contributed by atoms with Crippen LogP contribution in [0.5, 0.6) is 0 Å². The summed E-state index contributed by atoms with van der Waals surface area (Å²) < 4.78 is 24.1. The van der Waals surface area contributed by atoms with Crippen molar-refractivity contribution in [2.24, 2.45) is 0 Å². The molecular weight excluding hydrogens is 357 g/mol. The molecular formula is C19H16FNO4S. The zero-order chi connectivity index (χ0) is 18.5. The van der Waals surface area contributed by atoms with Crippen LogP contribution < -0.4 is 0 Å². The van der Waals surface area contributed by atoms with Crippen LogP contribution in [0.4, 0.5) is 4.39 Å². The van der Waals surface area contributed by atoms with Gasteiger partial charge in [0.2, 0.25) is 5.76 Å². The summed E-state index contributed by atoms with van der Waals surface area (Å²) in [6.45, 7) is 0.0582. The third kappa shape index (κ3) is 4.18. The Morgan fingerprint density at radius 2 is 1.96 bits per heavy atom. The number of amides is 1. The molecule has 7 heteroatoms. The first-order chi connectivity index (χ1) is 12.5. The number of esters is 1. The number of ether oxygens (including phenoxy) is 1. The van der Waals surface area contributed by atoms with Crippen LogP contribution in [0.25, 0.3) is 11.3 Å². The first-order valence-corrected chi connectivity index (χ1v) is 8.71. The van der Waals surface area contributed by atoms with Crippen molar-refractivity contribution in [2.45, 2.75) is 6.54 Å². The summed E-state index contributed by atoms with van der Waals surface area (Å²) in [7, 11) is 1.64. The van der Waals surface area contributed by atoms with Crippen LogP contribution in [0, 0.1) is 5.82 Å². The molecule has 0 bridgehead atoms. The highest BCUT2D eigenvalue weighted by molar-refractivity contribution is 7.09. The fourth-order valence-corrected chi connectivity index (χ4v) is 3.04. The topological polar surface area (TPSA) is 59.8 Å². The van der Waals surface area contributed by atoms with Crippen LogP contribution in [0.15, 0.2) is 58.3 Å². The van der Waals surface area contributed by atoms with Crippen molar-refractivity contribution in [3.05, 3.63) is 70.4 Å². The molecule has 0 radical (unpaired) electrons. The molecule has 5 nitrogen and oxygen atoms in total. The van der Waals surface area contributed by atoms with E-state index in [0.29, 0.717) is 6.54 Å². The summed E-state index contributed by atoms with van der Waals surface area (Å²) in [4.78, 5) is 26.6. The lowest BCUT2D eigenvalue weighted by Gasteiger charge is -2.15. The Morgan fingerprint density at radius 3 is 2.69 bits per heavy atom. The Bertz CT molecular complexity index is 904. The van der Waals surface area contributed by atoms with E-state index in [1.807, 2.05) is 17.5 Å². The van der Waals surface area contributed by atoms with Gasteiger partial charge in [-0.1, -0.05) is 18.2 Å². The summed E-state index contributed by atoms with van der Waals surface area (Å²) >= 11 is 1.54. The van der Waals surface area contributed by atoms with E-state index in [1.54, 1.807) is 36.6 Å². The van der Waals surface area contributed by atoms with Crippen molar-refractivity contribution in [2.75, 3.05) is 13.7 Å². The lowest BCUT2D eigenvalue weighted by Crippen LogP contribution is -2.30. The standard InChI is InChI=1S/C19H16FNO4S/c1-21(11-13-5-4-10-26-13)18(22)12-24-19(23)17-9-8-16(25-17)14-6-2-3-7-15(14)20/h2-10H,11-12H2,1H3. The zero-order valence-electron chi connectivity index (χ0n) is 14.0. The van der Waals surface area contributed by atoms with Gasteiger partial charge in [-0.05, 0) is 35.7 Å². The van der Waals surface area contributed by atoms with Crippen LogP contribution in [0.3, 0.4) is 0 Å². The van der Waals surface area contributed by atoms with E-state index < -0.39 is 18.4 Å². The number of thiophene rings is 1. The number of carbonyl (C=O) groups is 2. The molecule has 2 aromatic heterocycles. The SMILES string of the molecule is CN(Cc1cccs1)C(=O)COC(=O)c1ccc(-c2ccccc2F)o1. The molecule has 0 aliphatic carbocycles. The lowest BCUT2D eigenvalue weighted by molar-refractivity contribution is -0.133. The summed E-state index contributed by atoms with van der Waals surface area (Å²) in [6.07, 6.45) is 0. The minimum atomic E-state index is -0.773. The van der Waals surface area contributed by atoms with Crippen molar-refractivity contribution in [3.8, 4) is 11.3 Å². The highest BCUT2D eigenvalue weighted by Gasteiger charge is 2.18. The molecule has 1 aromatic carbocycles. The predicted octanol–water partition coefficient (Wildman–Crippen LogP) is 3.96. The van der Waals surface area contributed by atoms with Gasteiger partial charge < -0.3 is 14.1 Å². The molecule has 3 aromatic rings. The molecule has 0 atom stereocenters. The number of hydrogen-bond donors (Lipinski definition) is 0. The number of rotatable bonds is 6. The van der Waals surface area contributed by atoms with Gasteiger partial charge in [0.05, 0.1) is 12.1 Å². The van der Waals surface area contributed by atoms with Crippen molar-refractivity contribution in [1.82, 2.24) is 4.90 Å². The molecule has 1 amide bonds. The van der Waals surface area contributed by atoms with Gasteiger partial charge in [-0.15, -0.1) is 11.3 Å². The summed E-state index contributed by atoms with van der Waals surface area (Å²) in [6, 6.07) is 12.8. The molecule has 0 spiro atoms. The number of nitrogens with zero attached hydrogens (tertiary/aromatic N) is 1. The molecule has 0 aliphatic heterocycles. The molecule has 26 heavy (non-hydrogen) atoms. The zero-order valence-corrected chi connectivity index (χ0v) is 14.8. The van der Waals surface area contributed by atoms with Crippen molar-refractivity contribution in [1.29, 1.82) is 0 Å². The Balaban J connectivity index is 1.57. The first-order valence-electron chi connectivity index (χ1n) is 7.83. The molecule has 0 aliphatic rings. The fourth-order valence-electron chi connectivity index (χ4n) is 2.29. The second-order valence-electron chi connectivity index (χ2n) is 5.55. The highest BCUT2D eigenvalue weighted by atomic mass is 32.1. The molecule has 2 heterocycles. The maximum atomic E-state index is 13.8. The summed E-state index contributed by atoms with van der Waals surface area (Å²) in [5.41, 5.74) is 0.248. The highest BCUT2D eigenvalue weighted by Crippen LogP contribution is 2.25. The van der Waals surface area contributed by atoms with Gasteiger partial charge in [-0.25, -0.2) is 9.18 Å². The van der Waals surface area contributed by atoms with E-state index in [-0.39, 0.29) is 23.0 Å². The van der Waals surface area contributed by atoms with Crippen molar-refractivity contribution in [3.63, 3.8) is 0 Å². The average molecular weight is 373 g/mol. The average Bonchev–Trinajstić information content (AvgIpc) is 3.31. The lowest BCUT2D eigenvalue weighted by atomic mass is 10.1. The van der Waals surface area contributed by atoms with E-state index in [0.717, 1.165) is 4.88 Å². The summed E-state index contributed by atoms with van der Waals surface area (Å²) in [5, 5.41) is 1.93. The smallest absolute Gasteiger partial charge is 0.374 e. The summed E-state index contributed by atoms with van der Waals surface area (Å²) in [5.74, 6) is -1.42. The Kier molecular flexibility index (Phi) is 5.48. The van der Waals surface area contributed by atoms with Crippen molar-refractivity contribution >= 4 is 23.2 Å². The van der Waals surface area contributed by atoms with Crippen LogP contribution >= 0.6 is 11.3 Å². The van der Waals surface area contributed by atoms with Gasteiger partial charge in [0.1, 0.15) is 11.6 Å². The number of furan rings is 1. The van der Waals surface area contributed by atoms with Crippen LogP contribution in [0.1, 0.15) is 15.4 Å². The molecule has 0 fully saturated rings. The molecule has 0 unspecified atom stereocenters. The monoisotopic (exact) mass is 373 g/mol. The van der Waals surface area contributed by atoms with Gasteiger partial charge in [0.15, 0.2) is 6.61 Å². The fraction of sp³-hybridized carbons (Fsp3) is 0.158. The Hall–Kier alpha value is -2.93. The largest absolute Gasteiger partial charge is 0.450 e. The van der Waals surface area contributed by atoms with E-state index >= 15 is 0 Å². The van der Waals surface area contributed by atoms with E-state index in [2.05, 4.69) is 0 Å². The quantitative estimate of drug-likeness (QED) is 0.614. The molecule has 0 saturated carbocycles. The third-order valence-electron chi connectivity index (χ3n) is 3.67. The maximum Gasteiger partial charge on any atom is 0.374 e. The molecule has 134 valence electrons. The van der Waals surface area contributed by atoms with Gasteiger partial charge in [0, 0.05) is 11.9 Å². The minimum Gasteiger partial charge on any atom is -0.450 e. The van der Waals surface area contributed by atoms with Gasteiger partial charge in [-0.2, -0.15) is 0 Å². The molecule has 0 N–H and O–H groups in total. The van der Waals surface area contributed by atoms with Crippen molar-refractivity contribution < 1.29 is 23.1 Å². The Morgan fingerprint density at radius 1 is 1.15 bits per heavy atom. The second-order valence-corrected chi connectivity index (χ2v) is 6.58. The Labute approximate surface area is 153 Å². The normalized spacial score (nSPS) is 10.5. The number of carbonyl (C=O) groups excluding carboxylic acids is 2. The van der Waals surface area contributed by atoms with Gasteiger partial charge >= 0.3 is 5.97 Å². The second kappa shape index (κ2) is 7.97.